The van der Waals surface area contributed by atoms with Gasteiger partial charge in [-0.25, -0.2) is 0 Å². The maximum Gasteiger partial charge on any atom is 0.254 e. The van der Waals surface area contributed by atoms with Crippen LogP contribution >= 0.6 is 0 Å². The van der Waals surface area contributed by atoms with Crippen LogP contribution in [0.4, 0.5) is 0 Å². The number of fused-ring (bicyclic) bond motifs is 5. The van der Waals surface area contributed by atoms with Gasteiger partial charge >= 0.3 is 0 Å². The smallest absolute Gasteiger partial charge is 0.254 e. The molecule has 1 saturated carbocycles. The first kappa shape index (κ1) is 15.0. The minimum absolute atomic E-state index is 0.0173. The Labute approximate surface area is 146 Å². The summed E-state index contributed by atoms with van der Waals surface area (Å²) in [5, 5.41) is 0. The van der Waals surface area contributed by atoms with Crippen LogP contribution in [0, 0.1) is 11.8 Å². The fraction of sp³-hybridized carbons (Fsp3) is 0.579. The van der Waals surface area contributed by atoms with E-state index in [4.69, 9.17) is 9.47 Å². The van der Waals surface area contributed by atoms with Gasteiger partial charge in [0.15, 0.2) is 11.5 Å². The van der Waals surface area contributed by atoms with E-state index >= 15 is 0 Å². The quantitative estimate of drug-likeness (QED) is 0.842. The zero-order valence-corrected chi connectivity index (χ0v) is 14.1. The molecular weight excluding hydrogens is 320 g/mol. The summed E-state index contributed by atoms with van der Waals surface area (Å²) in [7, 11) is 0. The van der Waals surface area contributed by atoms with E-state index in [1.165, 1.54) is 12.8 Å². The SMILES string of the molecule is O=C(c1ccc2c(c1)OCO2)N1CC2CCC(C1)N(CC1CC1)C2=O. The van der Waals surface area contributed by atoms with Crippen molar-refractivity contribution < 1.29 is 19.1 Å². The summed E-state index contributed by atoms with van der Waals surface area (Å²) in [6.45, 7) is 2.25. The Hall–Kier alpha value is -2.24. The topological polar surface area (TPSA) is 59.1 Å². The number of ether oxygens (including phenoxy) is 2. The number of benzene rings is 1. The van der Waals surface area contributed by atoms with Crippen molar-refractivity contribution in [3.63, 3.8) is 0 Å². The van der Waals surface area contributed by atoms with Crippen molar-refractivity contribution in [2.75, 3.05) is 26.4 Å². The fourth-order valence-electron chi connectivity index (χ4n) is 4.24. The number of rotatable bonds is 3. The van der Waals surface area contributed by atoms with Crippen molar-refractivity contribution in [2.24, 2.45) is 11.8 Å². The summed E-state index contributed by atoms with van der Waals surface area (Å²) in [6.07, 6.45) is 4.38. The Morgan fingerprint density at radius 1 is 1.08 bits per heavy atom. The molecule has 3 saturated heterocycles. The maximum absolute atomic E-state index is 13.0. The van der Waals surface area contributed by atoms with Crippen LogP contribution in [0.1, 0.15) is 36.0 Å². The number of nitrogens with zero attached hydrogens (tertiary/aromatic N) is 2. The molecule has 4 fully saturated rings. The average Bonchev–Trinajstić information content (AvgIpc) is 3.38. The summed E-state index contributed by atoms with van der Waals surface area (Å²) < 4.78 is 10.7. The van der Waals surface area contributed by atoms with Crippen LogP contribution in [0.5, 0.6) is 11.5 Å². The highest BCUT2D eigenvalue weighted by atomic mass is 16.7. The fourth-order valence-corrected chi connectivity index (χ4v) is 4.24. The zero-order chi connectivity index (χ0) is 17.0. The van der Waals surface area contributed by atoms with Crippen LogP contribution in [0.25, 0.3) is 0 Å². The van der Waals surface area contributed by atoms with E-state index in [1.54, 1.807) is 18.2 Å². The van der Waals surface area contributed by atoms with Gasteiger partial charge in [0.25, 0.3) is 5.91 Å². The van der Waals surface area contributed by atoms with Crippen LogP contribution < -0.4 is 9.47 Å². The van der Waals surface area contributed by atoms with Gasteiger partial charge in [0.1, 0.15) is 0 Å². The summed E-state index contributed by atoms with van der Waals surface area (Å²) in [4.78, 5) is 29.7. The predicted molar refractivity (Wildman–Crippen MR) is 89.4 cm³/mol. The Morgan fingerprint density at radius 3 is 2.76 bits per heavy atom. The second-order valence-corrected chi connectivity index (χ2v) is 7.64. The first-order valence-corrected chi connectivity index (χ1v) is 9.18. The highest BCUT2D eigenvalue weighted by molar-refractivity contribution is 5.95. The molecule has 4 heterocycles. The number of amides is 2. The Balaban J connectivity index is 1.37. The minimum atomic E-state index is -0.0459. The molecule has 1 aromatic carbocycles. The largest absolute Gasteiger partial charge is 0.454 e. The van der Waals surface area contributed by atoms with E-state index in [2.05, 4.69) is 4.90 Å². The second kappa shape index (κ2) is 5.64. The first-order chi connectivity index (χ1) is 12.2. The van der Waals surface area contributed by atoms with Crippen molar-refractivity contribution in [1.29, 1.82) is 0 Å². The lowest BCUT2D eigenvalue weighted by Gasteiger charge is -2.36. The highest BCUT2D eigenvalue weighted by Gasteiger charge is 2.43. The normalized spacial score (nSPS) is 27.6. The molecule has 0 spiro atoms. The van der Waals surface area contributed by atoms with Crippen molar-refractivity contribution in [3.8, 4) is 11.5 Å². The standard InChI is InChI=1S/C19H22N2O4/c22-18(13-4-6-16-17(7-13)25-11-24-16)20-9-14-3-5-15(10-20)21(19(14)23)8-12-1-2-12/h4,6-7,12,14-15H,1-3,5,8-11H2. The van der Waals surface area contributed by atoms with E-state index in [-0.39, 0.29) is 30.6 Å². The van der Waals surface area contributed by atoms with Crippen LogP contribution in [0.15, 0.2) is 18.2 Å². The van der Waals surface area contributed by atoms with Gasteiger partial charge in [0.05, 0.1) is 5.92 Å². The number of carbonyl (C=O) groups excluding carboxylic acids is 2. The predicted octanol–water partition coefficient (Wildman–Crippen LogP) is 1.89. The van der Waals surface area contributed by atoms with Gasteiger partial charge in [-0.05, 0) is 49.8 Å². The number of hydrogen-bond acceptors (Lipinski definition) is 4. The van der Waals surface area contributed by atoms with Crippen LogP contribution in [-0.2, 0) is 4.79 Å². The van der Waals surface area contributed by atoms with Crippen molar-refractivity contribution in [1.82, 2.24) is 9.80 Å². The summed E-state index contributed by atoms with van der Waals surface area (Å²) in [5.74, 6) is 2.17. The van der Waals surface area contributed by atoms with Gasteiger partial charge in [-0.15, -0.1) is 0 Å². The molecule has 0 N–H and O–H groups in total. The molecule has 4 aliphatic heterocycles. The van der Waals surface area contributed by atoms with Crippen LogP contribution in [0.3, 0.4) is 0 Å². The van der Waals surface area contributed by atoms with E-state index < -0.39 is 0 Å². The van der Waals surface area contributed by atoms with Crippen molar-refractivity contribution in [2.45, 2.75) is 31.7 Å². The lowest BCUT2D eigenvalue weighted by Crippen LogP contribution is -2.48. The summed E-state index contributed by atoms with van der Waals surface area (Å²) >= 11 is 0. The second-order valence-electron chi connectivity index (χ2n) is 7.64. The third-order valence-electron chi connectivity index (χ3n) is 5.85. The van der Waals surface area contributed by atoms with Gasteiger partial charge in [0.2, 0.25) is 12.7 Å². The lowest BCUT2D eigenvalue weighted by molar-refractivity contribution is -0.140. The number of piperidine rings is 1. The lowest BCUT2D eigenvalue weighted by atomic mass is 9.94. The van der Waals surface area contributed by atoms with Gasteiger partial charge in [-0.2, -0.15) is 0 Å². The molecular formula is C19H22N2O4. The number of carbonyl (C=O) groups is 2. The maximum atomic E-state index is 13.0. The average molecular weight is 342 g/mol. The van der Waals surface area contributed by atoms with Gasteiger partial charge in [-0.1, -0.05) is 0 Å². The Bertz CT molecular complexity index is 730. The molecule has 0 radical (unpaired) electrons. The molecule has 1 aromatic rings. The van der Waals surface area contributed by atoms with Crippen molar-refractivity contribution >= 4 is 11.8 Å². The Kier molecular flexibility index (Phi) is 3.40. The summed E-state index contributed by atoms with van der Waals surface area (Å²) in [6, 6.07) is 5.49. The van der Waals surface area contributed by atoms with E-state index in [0.717, 1.165) is 19.4 Å². The molecule has 0 aromatic heterocycles. The molecule has 1 aliphatic carbocycles. The van der Waals surface area contributed by atoms with Gasteiger partial charge in [0, 0.05) is 31.2 Å². The van der Waals surface area contributed by atoms with Crippen LogP contribution in [-0.4, -0.2) is 54.1 Å². The summed E-state index contributed by atoms with van der Waals surface area (Å²) in [5.41, 5.74) is 0.603. The third-order valence-corrected chi connectivity index (χ3v) is 5.85. The molecule has 2 atom stereocenters. The minimum Gasteiger partial charge on any atom is -0.454 e. The van der Waals surface area contributed by atoms with E-state index in [0.29, 0.717) is 36.1 Å². The zero-order valence-electron chi connectivity index (χ0n) is 14.1. The molecule has 132 valence electrons. The molecule has 2 amide bonds. The molecule has 2 unspecified atom stereocenters. The molecule has 2 bridgehead atoms. The van der Waals surface area contributed by atoms with E-state index in [1.807, 2.05) is 4.90 Å². The number of hydrogen-bond donors (Lipinski definition) is 0. The van der Waals surface area contributed by atoms with Gasteiger partial charge in [-0.3, -0.25) is 9.59 Å². The monoisotopic (exact) mass is 342 g/mol. The highest BCUT2D eigenvalue weighted by Crippen LogP contribution is 2.37. The first-order valence-electron chi connectivity index (χ1n) is 9.18. The molecule has 6 rings (SSSR count). The Morgan fingerprint density at radius 2 is 1.92 bits per heavy atom. The molecule has 6 nitrogen and oxygen atoms in total. The molecule has 25 heavy (non-hydrogen) atoms. The van der Waals surface area contributed by atoms with Gasteiger partial charge < -0.3 is 19.3 Å². The van der Waals surface area contributed by atoms with E-state index in [9.17, 15) is 9.59 Å². The van der Waals surface area contributed by atoms with Crippen molar-refractivity contribution in [3.05, 3.63) is 23.8 Å². The molecule has 5 aliphatic rings. The van der Waals surface area contributed by atoms with Crippen LogP contribution in [0.2, 0.25) is 0 Å². The third kappa shape index (κ3) is 2.64. The molecule has 6 heteroatoms.